The van der Waals surface area contributed by atoms with E-state index in [1.165, 1.54) is 0 Å². The van der Waals surface area contributed by atoms with Gasteiger partial charge in [-0.2, -0.15) is 0 Å². The summed E-state index contributed by atoms with van der Waals surface area (Å²) in [5.74, 6) is 0.979. The molecule has 6 heteroatoms. The molecule has 0 aliphatic carbocycles. The van der Waals surface area contributed by atoms with E-state index in [0.29, 0.717) is 23.6 Å². The van der Waals surface area contributed by atoms with Crippen LogP contribution in [0.25, 0.3) is 10.8 Å². The number of carbonyl (C=O) groups is 2. The van der Waals surface area contributed by atoms with E-state index in [0.717, 1.165) is 16.3 Å². The number of nitrogens with zero attached hydrogens (tertiary/aromatic N) is 1. The highest BCUT2D eigenvalue weighted by molar-refractivity contribution is 5.98. The lowest BCUT2D eigenvalue weighted by molar-refractivity contribution is -0.130. The van der Waals surface area contributed by atoms with Gasteiger partial charge in [0, 0.05) is 37.7 Å². The van der Waals surface area contributed by atoms with E-state index in [4.69, 9.17) is 9.47 Å². The Morgan fingerprint density at radius 3 is 2.43 bits per heavy atom. The summed E-state index contributed by atoms with van der Waals surface area (Å²) in [5, 5.41) is 4.91. The summed E-state index contributed by atoms with van der Waals surface area (Å²) >= 11 is 0. The maximum absolute atomic E-state index is 12.5. The summed E-state index contributed by atoms with van der Waals surface area (Å²) in [4.78, 5) is 26.5. The van der Waals surface area contributed by atoms with Crippen molar-refractivity contribution in [3.8, 4) is 11.5 Å². The van der Waals surface area contributed by atoms with E-state index in [9.17, 15) is 9.59 Å². The molecule has 2 amide bonds. The second kappa shape index (κ2) is 9.78. The molecule has 3 aromatic rings. The number of para-hydroxylation sites is 1. The van der Waals surface area contributed by atoms with Crippen molar-refractivity contribution < 1.29 is 19.1 Å². The van der Waals surface area contributed by atoms with Crippen LogP contribution >= 0.6 is 0 Å². The van der Waals surface area contributed by atoms with Gasteiger partial charge in [-0.3, -0.25) is 9.59 Å². The van der Waals surface area contributed by atoms with Crippen LogP contribution in [0.3, 0.4) is 0 Å². The minimum Gasteiger partial charge on any atom is -0.493 e. The first-order valence-corrected chi connectivity index (χ1v) is 9.74. The monoisotopic (exact) mass is 406 g/mol. The van der Waals surface area contributed by atoms with Crippen molar-refractivity contribution in [2.45, 2.75) is 13.0 Å². The summed E-state index contributed by atoms with van der Waals surface area (Å²) < 4.78 is 10.7. The third-order valence-electron chi connectivity index (χ3n) is 4.95. The number of hydrogen-bond acceptors (Lipinski definition) is 4. The Balaban J connectivity index is 1.54. The number of nitrogens with one attached hydrogen (secondary N) is 1. The Morgan fingerprint density at radius 1 is 0.933 bits per heavy atom. The van der Waals surface area contributed by atoms with Gasteiger partial charge in [-0.25, -0.2) is 0 Å². The van der Waals surface area contributed by atoms with Crippen LogP contribution in [-0.4, -0.2) is 44.5 Å². The molecule has 3 aromatic carbocycles. The largest absolute Gasteiger partial charge is 0.493 e. The average Bonchev–Trinajstić information content (AvgIpc) is 2.78. The van der Waals surface area contributed by atoms with E-state index >= 15 is 0 Å². The van der Waals surface area contributed by atoms with Crippen molar-refractivity contribution in [2.24, 2.45) is 0 Å². The highest BCUT2D eigenvalue weighted by atomic mass is 16.5. The van der Waals surface area contributed by atoms with Crippen LogP contribution in [0, 0.1) is 0 Å². The van der Waals surface area contributed by atoms with E-state index in [1.807, 2.05) is 54.6 Å². The maximum atomic E-state index is 12.5. The lowest BCUT2D eigenvalue weighted by Crippen LogP contribution is -2.32. The number of amides is 2. The Kier molecular flexibility index (Phi) is 6.91. The highest BCUT2D eigenvalue weighted by Crippen LogP contribution is 2.31. The molecule has 0 radical (unpaired) electrons. The normalized spacial score (nSPS) is 10.5. The summed E-state index contributed by atoms with van der Waals surface area (Å²) in [7, 11) is 4.88. The maximum Gasteiger partial charge on any atom is 0.251 e. The molecule has 0 aromatic heterocycles. The quantitative estimate of drug-likeness (QED) is 0.620. The summed E-state index contributed by atoms with van der Waals surface area (Å²) in [5.41, 5.74) is 1.43. The molecule has 30 heavy (non-hydrogen) atoms. The van der Waals surface area contributed by atoms with Crippen LogP contribution in [0.1, 0.15) is 22.3 Å². The molecule has 0 saturated carbocycles. The number of hydrogen-bond donors (Lipinski definition) is 1. The second-order valence-electron chi connectivity index (χ2n) is 6.97. The standard InChI is InChI=1S/C24H26N2O4/c1-26(16-20-9-6-10-21(29-2)23(20)30-3)22(27)13-14-25-24(28)19-12-11-17-7-4-5-8-18(17)15-19/h4-12,15H,13-14,16H2,1-3H3,(H,25,28). The fourth-order valence-corrected chi connectivity index (χ4v) is 3.33. The zero-order chi connectivity index (χ0) is 21.5. The fraction of sp³-hybridized carbons (Fsp3) is 0.250. The average molecular weight is 406 g/mol. The third kappa shape index (κ3) is 4.89. The van der Waals surface area contributed by atoms with E-state index in [1.54, 1.807) is 32.2 Å². The molecular formula is C24H26N2O4. The SMILES string of the molecule is COc1cccc(CN(C)C(=O)CCNC(=O)c2ccc3ccccc3c2)c1OC. The number of ether oxygens (including phenoxy) is 2. The number of methoxy groups -OCH3 is 2. The van der Waals surface area contributed by atoms with Crippen molar-refractivity contribution in [1.82, 2.24) is 10.2 Å². The van der Waals surface area contributed by atoms with Crippen LogP contribution < -0.4 is 14.8 Å². The highest BCUT2D eigenvalue weighted by Gasteiger charge is 2.15. The third-order valence-corrected chi connectivity index (χ3v) is 4.95. The first-order valence-electron chi connectivity index (χ1n) is 9.74. The molecule has 0 bridgehead atoms. The number of carbonyl (C=O) groups excluding carboxylic acids is 2. The minimum absolute atomic E-state index is 0.0707. The molecule has 0 aliphatic rings. The topological polar surface area (TPSA) is 67.9 Å². The predicted molar refractivity (Wildman–Crippen MR) is 117 cm³/mol. The van der Waals surface area contributed by atoms with Gasteiger partial charge in [0.1, 0.15) is 0 Å². The molecule has 6 nitrogen and oxygen atoms in total. The number of rotatable bonds is 8. The molecular weight excluding hydrogens is 380 g/mol. The Hall–Kier alpha value is -3.54. The molecule has 156 valence electrons. The van der Waals surface area contributed by atoms with Gasteiger partial charge in [-0.15, -0.1) is 0 Å². The second-order valence-corrected chi connectivity index (χ2v) is 6.97. The lowest BCUT2D eigenvalue weighted by atomic mass is 10.1. The van der Waals surface area contributed by atoms with Gasteiger partial charge >= 0.3 is 0 Å². The van der Waals surface area contributed by atoms with Gasteiger partial charge in [0.25, 0.3) is 5.91 Å². The van der Waals surface area contributed by atoms with Gasteiger partial charge in [-0.1, -0.05) is 42.5 Å². The van der Waals surface area contributed by atoms with Crippen LogP contribution in [0.4, 0.5) is 0 Å². The molecule has 0 saturated heterocycles. The van der Waals surface area contributed by atoms with E-state index in [2.05, 4.69) is 5.32 Å². The molecule has 3 rings (SSSR count). The Labute approximate surface area is 176 Å². The first-order chi connectivity index (χ1) is 14.5. The van der Waals surface area contributed by atoms with Gasteiger partial charge < -0.3 is 19.7 Å². The number of fused-ring (bicyclic) bond motifs is 1. The summed E-state index contributed by atoms with van der Waals surface area (Å²) in [6.45, 7) is 0.655. The van der Waals surface area contributed by atoms with Crippen molar-refractivity contribution >= 4 is 22.6 Å². The lowest BCUT2D eigenvalue weighted by Gasteiger charge is -2.20. The van der Waals surface area contributed by atoms with Gasteiger partial charge in [-0.05, 0) is 29.0 Å². The molecule has 0 aliphatic heterocycles. The predicted octanol–water partition coefficient (Wildman–Crippen LogP) is 3.64. The van der Waals surface area contributed by atoms with E-state index < -0.39 is 0 Å². The Morgan fingerprint density at radius 2 is 1.70 bits per heavy atom. The van der Waals surface area contributed by atoms with Gasteiger partial charge in [0.15, 0.2) is 11.5 Å². The van der Waals surface area contributed by atoms with Gasteiger partial charge in [0.2, 0.25) is 5.91 Å². The number of benzene rings is 3. The molecule has 0 fully saturated rings. The molecule has 1 N–H and O–H groups in total. The summed E-state index contributed by atoms with van der Waals surface area (Å²) in [6.07, 6.45) is 0.210. The molecule has 0 unspecified atom stereocenters. The van der Waals surface area contributed by atoms with Crippen molar-refractivity contribution in [3.05, 3.63) is 71.8 Å². The minimum atomic E-state index is -0.189. The van der Waals surface area contributed by atoms with Crippen LogP contribution in [0.5, 0.6) is 11.5 Å². The van der Waals surface area contributed by atoms with E-state index in [-0.39, 0.29) is 24.8 Å². The first kappa shape index (κ1) is 21.2. The molecule has 0 atom stereocenters. The molecule has 0 heterocycles. The van der Waals surface area contributed by atoms with Crippen molar-refractivity contribution in [1.29, 1.82) is 0 Å². The Bertz CT molecular complexity index is 1050. The van der Waals surface area contributed by atoms with Crippen LogP contribution in [-0.2, 0) is 11.3 Å². The summed E-state index contributed by atoms with van der Waals surface area (Å²) in [6, 6.07) is 19.0. The zero-order valence-electron chi connectivity index (χ0n) is 17.5. The van der Waals surface area contributed by atoms with Crippen molar-refractivity contribution in [2.75, 3.05) is 27.8 Å². The smallest absolute Gasteiger partial charge is 0.251 e. The van der Waals surface area contributed by atoms with Crippen molar-refractivity contribution in [3.63, 3.8) is 0 Å². The van der Waals surface area contributed by atoms with Gasteiger partial charge in [0.05, 0.1) is 14.2 Å². The fourth-order valence-electron chi connectivity index (χ4n) is 3.33. The zero-order valence-corrected chi connectivity index (χ0v) is 17.5. The van der Waals surface area contributed by atoms with Crippen LogP contribution in [0.2, 0.25) is 0 Å². The molecule has 0 spiro atoms. The van der Waals surface area contributed by atoms with Crippen LogP contribution in [0.15, 0.2) is 60.7 Å².